The second-order valence-electron chi connectivity index (χ2n) is 6.06. The van der Waals surface area contributed by atoms with Crippen LogP contribution in [0.5, 0.6) is 0 Å². The van der Waals surface area contributed by atoms with Crippen LogP contribution in [0.25, 0.3) is 0 Å². The zero-order chi connectivity index (χ0) is 16.8. The maximum atomic E-state index is 13.7. The topological polar surface area (TPSA) is 78.4 Å². The van der Waals surface area contributed by atoms with Crippen LogP contribution in [-0.4, -0.2) is 30.1 Å². The zero-order valence-corrected chi connectivity index (χ0v) is 13.2. The second-order valence-corrected chi connectivity index (χ2v) is 6.06. The van der Waals surface area contributed by atoms with Gasteiger partial charge in [0.2, 0.25) is 5.91 Å². The number of carbonyl (C=O) groups is 2. The highest BCUT2D eigenvalue weighted by atomic mass is 19.1. The predicted octanol–water partition coefficient (Wildman–Crippen LogP) is 2.31. The molecule has 0 aliphatic carbocycles. The maximum Gasteiger partial charge on any atom is 0.254 e. The molecule has 3 N–H and O–H groups in total. The molecule has 0 unspecified atom stereocenters. The van der Waals surface area contributed by atoms with E-state index in [9.17, 15) is 14.0 Å². The molecule has 0 saturated carbocycles. The van der Waals surface area contributed by atoms with Gasteiger partial charge in [0.25, 0.3) is 5.91 Å². The predicted molar refractivity (Wildman–Crippen MR) is 83.1 cm³/mol. The van der Waals surface area contributed by atoms with Gasteiger partial charge < -0.3 is 15.7 Å². The molecule has 1 aromatic carbocycles. The van der Waals surface area contributed by atoms with E-state index in [2.05, 4.69) is 10.6 Å². The molecule has 0 spiro atoms. The molecule has 22 heavy (non-hydrogen) atoms. The maximum absolute atomic E-state index is 13.7. The number of benzene rings is 1. The largest absolute Gasteiger partial charge is 0.396 e. The summed E-state index contributed by atoms with van der Waals surface area (Å²) in [5.41, 5.74) is 0.0783. The first-order valence-electron chi connectivity index (χ1n) is 7.21. The third-order valence-electron chi connectivity index (χ3n) is 3.28. The van der Waals surface area contributed by atoms with Crippen LogP contribution in [0.1, 0.15) is 44.0 Å². The summed E-state index contributed by atoms with van der Waals surface area (Å²) in [6.45, 7) is 5.68. The molecule has 122 valence electrons. The molecule has 0 radical (unpaired) electrons. The van der Waals surface area contributed by atoms with Crippen molar-refractivity contribution in [1.29, 1.82) is 0 Å². The standard InChI is InChI=1S/C16H23FN2O3/c1-11(21)19-12-5-6-14(17)13(9-12)15(22)18-8-4-7-16(2,3)10-20/h5-6,9,20H,4,7-8,10H2,1-3H3,(H,18,22)(H,19,21). The molecular formula is C16H23FN2O3. The van der Waals surface area contributed by atoms with Crippen molar-refractivity contribution in [2.45, 2.75) is 33.6 Å². The van der Waals surface area contributed by atoms with Crippen LogP contribution in [0.2, 0.25) is 0 Å². The lowest BCUT2D eigenvalue weighted by Gasteiger charge is -2.21. The number of nitrogens with one attached hydrogen (secondary N) is 2. The number of anilines is 1. The van der Waals surface area contributed by atoms with Crippen molar-refractivity contribution < 1.29 is 19.1 Å². The van der Waals surface area contributed by atoms with Gasteiger partial charge >= 0.3 is 0 Å². The number of hydrogen-bond donors (Lipinski definition) is 3. The minimum Gasteiger partial charge on any atom is -0.396 e. The summed E-state index contributed by atoms with van der Waals surface area (Å²) in [7, 11) is 0. The molecule has 0 saturated heterocycles. The Morgan fingerprint density at radius 2 is 2.00 bits per heavy atom. The van der Waals surface area contributed by atoms with Crippen molar-refractivity contribution in [3.05, 3.63) is 29.6 Å². The highest BCUT2D eigenvalue weighted by Crippen LogP contribution is 2.20. The fraction of sp³-hybridized carbons (Fsp3) is 0.500. The van der Waals surface area contributed by atoms with Gasteiger partial charge in [-0.15, -0.1) is 0 Å². The van der Waals surface area contributed by atoms with Crippen molar-refractivity contribution in [1.82, 2.24) is 5.32 Å². The van der Waals surface area contributed by atoms with Gasteiger partial charge in [0.05, 0.1) is 5.56 Å². The van der Waals surface area contributed by atoms with Crippen LogP contribution < -0.4 is 10.6 Å². The average Bonchev–Trinajstić information content (AvgIpc) is 2.45. The Morgan fingerprint density at radius 3 is 2.59 bits per heavy atom. The average molecular weight is 310 g/mol. The summed E-state index contributed by atoms with van der Waals surface area (Å²) in [5, 5.41) is 14.3. The quantitative estimate of drug-likeness (QED) is 0.676. The minimum atomic E-state index is -0.637. The van der Waals surface area contributed by atoms with E-state index < -0.39 is 11.7 Å². The lowest BCUT2D eigenvalue weighted by molar-refractivity contribution is -0.114. The fourth-order valence-electron chi connectivity index (χ4n) is 1.92. The molecule has 5 nitrogen and oxygen atoms in total. The summed E-state index contributed by atoms with van der Waals surface area (Å²) >= 11 is 0. The third-order valence-corrected chi connectivity index (χ3v) is 3.28. The molecule has 0 aliphatic heterocycles. The lowest BCUT2D eigenvalue weighted by atomic mass is 9.89. The van der Waals surface area contributed by atoms with E-state index in [-0.39, 0.29) is 23.5 Å². The number of carbonyl (C=O) groups excluding carboxylic acids is 2. The van der Waals surface area contributed by atoms with Crippen molar-refractivity contribution >= 4 is 17.5 Å². The van der Waals surface area contributed by atoms with Crippen LogP contribution in [-0.2, 0) is 4.79 Å². The minimum absolute atomic E-state index is 0.0777. The van der Waals surface area contributed by atoms with Crippen molar-refractivity contribution in [2.75, 3.05) is 18.5 Å². The molecule has 2 amide bonds. The number of aliphatic hydroxyl groups is 1. The molecule has 1 rings (SSSR count). The summed E-state index contributed by atoms with van der Waals surface area (Å²) in [6, 6.07) is 3.86. The van der Waals surface area contributed by atoms with Gasteiger partial charge in [0, 0.05) is 25.8 Å². The van der Waals surface area contributed by atoms with Crippen LogP contribution in [0, 0.1) is 11.2 Å². The van der Waals surface area contributed by atoms with E-state index in [1.807, 2.05) is 13.8 Å². The van der Waals surface area contributed by atoms with Gasteiger partial charge in [-0.3, -0.25) is 9.59 Å². The Morgan fingerprint density at radius 1 is 1.32 bits per heavy atom. The molecule has 1 aromatic rings. The van der Waals surface area contributed by atoms with E-state index in [1.54, 1.807) is 0 Å². The van der Waals surface area contributed by atoms with Gasteiger partial charge in [0.15, 0.2) is 0 Å². The molecule has 0 heterocycles. The van der Waals surface area contributed by atoms with Gasteiger partial charge in [-0.05, 0) is 36.5 Å². The van der Waals surface area contributed by atoms with Crippen molar-refractivity contribution in [2.24, 2.45) is 5.41 Å². The molecule has 0 bridgehead atoms. The van der Waals surface area contributed by atoms with Gasteiger partial charge in [0.1, 0.15) is 5.82 Å². The molecule has 6 heteroatoms. The first-order valence-corrected chi connectivity index (χ1v) is 7.21. The Hall–Kier alpha value is -1.95. The summed E-state index contributed by atoms with van der Waals surface area (Å²) in [5.74, 6) is -1.45. The molecular weight excluding hydrogens is 287 g/mol. The van der Waals surface area contributed by atoms with E-state index in [0.29, 0.717) is 18.7 Å². The van der Waals surface area contributed by atoms with Crippen LogP contribution in [0.4, 0.5) is 10.1 Å². The Bertz CT molecular complexity index is 544. The summed E-state index contributed by atoms with van der Waals surface area (Å²) in [6.07, 6.45) is 1.44. The second kappa shape index (κ2) is 7.89. The highest BCUT2D eigenvalue weighted by Gasteiger charge is 2.16. The number of halogens is 1. The number of hydrogen-bond acceptors (Lipinski definition) is 3. The van der Waals surface area contributed by atoms with E-state index in [1.165, 1.54) is 19.1 Å². The van der Waals surface area contributed by atoms with Crippen LogP contribution >= 0.6 is 0 Å². The number of rotatable bonds is 7. The molecule has 0 aliphatic rings. The fourth-order valence-corrected chi connectivity index (χ4v) is 1.92. The number of amides is 2. The normalized spacial score (nSPS) is 11.1. The van der Waals surface area contributed by atoms with E-state index in [0.717, 1.165) is 12.5 Å². The Kier molecular flexibility index (Phi) is 6.49. The lowest BCUT2D eigenvalue weighted by Crippen LogP contribution is -2.27. The van der Waals surface area contributed by atoms with Gasteiger partial charge in [-0.25, -0.2) is 4.39 Å². The summed E-state index contributed by atoms with van der Waals surface area (Å²) in [4.78, 5) is 23.0. The Balaban J connectivity index is 2.60. The molecule has 0 fully saturated rings. The van der Waals surface area contributed by atoms with Crippen LogP contribution in [0.3, 0.4) is 0 Å². The van der Waals surface area contributed by atoms with Gasteiger partial charge in [-0.1, -0.05) is 13.8 Å². The third kappa shape index (κ3) is 5.81. The first kappa shape index (κ1) is 18.1. The zero-order valence-electron chi connectivity index (χ0n) is 13.2. The van der Waals surface area contributed by atoms with Crippen LogP contribution in [0.15, 0.2) is 18.2 Å². The van der Waals surface area contributed by atoms with Crippen molar-refractivity contribution in [3.63, 3.8) is 0 Å². The smallest absolute Gasteiger partial charge is 0.254 e. The monoisotopic (exact) mass is 310 g/mol. The summed E-state index contributed by atoms with van der Waals surface area (Å²) < 4.78 is 13.7. The molecule has 0 atom stereocenters. The van der Waals surface area contributed by atoms with E-state index in [4.69, 9.17) is 5.11 Å². The highest BCUT2D eigenvalue weighted by molar-refractivity contribution is 5.97. The molecule has 0 aromatic heterocycles. The first-order chi connectivity index (χ1) is 10.2. The number of aliphatic hydroxyl groups excluding tert-OH is 1. The van der Waals surface area contributed by atoms with Crippen molar-refractivity contribution in [3.8, 4) is 0 Å². The Labute approximate surface area is 129 Å². The van der Waals surface area contributed by atoms with E-state index >= 15 is 0 Å². The SMILES string of the molecule is CC(=O)Nc1ccc(F)c(C(=O)NCCCC(C)(C)CO)c1. The van der Waals surface area contributed by atoms with Gasteiger partial charge in [-0.2, -0.15) is 0 Å².